The highest BCUT2D eigenvalue weighted by molar-refractivity contribution is 6.72. The molecule has 0 aromatic heterocycles. The minimum atomic E-state index is -1.64. The van der Waals surface area contributed by atoms with Crippen molar-refractivity contribution in [3.05, 3.63) is 65.7 Å². The molecular formula is C15H9Cl2NO. The lowest BCUT2D eigenvalue weighted by molar-refractivity contribution is 0.0992. The molecule has 4 heteroatoms. The smallest absolute Gasteiger partial charge is 0.222 e. The van der Waals surface area contributed by atoms with Crippen molar-refractivity contribution in [1.29, 1.82) is 0 Å². The van der Waals surface area contributed by atoms with Crippen LogP contribution >= 0.6 is 23.2 Å². The van der Waals surface area contributed by atoms with Gasteiger partial charge in [0.2, 0.25) is 10.1 Å². The number of hydrogen-bond donors (Lipinski definition) is 0. The van der Waals surface area contributed by atoms with Gasteiger partial charge >= 0.3 is 0 Å². The number of halogens is 2. The lowest BCUT2D eigenvalue weighted by Crippen LogP contribution is -2.38. The predicted octanol–water partition coefficient (Wildman–Crippen LogP) is 4.18. The Morgan fingerprint density at radius 1 is 0.895 bits per heavy atom. The zero-order chi connectivity index (χ0) is 13.5. The molecule has 0 aliphatic carbocycles. The monoisotopic (exact) mass is 289 g/mol. The molecule has 1 heterocycles. The lowest BCUT2D eigenvalue weighted by Gasteiger charge is -2.26. The summed E-state index contributed by atoms with van der Waals surface area (Å²) in [4.78, 5) is 16.8. The van der Waals surface area contributed by atoms with Gasteiger partial charge in [0.15, 0.2) is 0 Å². The Morgan fingerprint density at radius 2 is 1.53 bits per heavy atom. The Kier molecular flexibility index (Phi) is 2.92. The Labute approximate surface area is 120 Å². The number of rotatable bonds is 1. The molecule has 0 unspecified atom stereocenters. The quantitative estimate of drug-likeness (QED) is 0.724. The molecule has 2 aromatic rings. The summed E-state index contributed by atoms with van der Waals surface area (Å²) in [5.41, 5.74) is 2.17. The zero-order valence-electron chi connectivity index (χ0n) is 9.81. The first-order chi connectivity index (χ1) is 9.10. The highest BCUT2D eigenvalue weighted by Gasteiger charge is 2.44. The molecule has 2 aromatic carbocycles. The van der Waals surface area contributed by atoms with Crippen molar-refractivity contribution >= 4 is 40.4 Å². The van der Waals surface area contributed by atoms with Crippen molar-refractivity contribution < 1.29 is 4.79 Å². The fraction of sp³-hybridized carbons (Fsp3) is 0.0667. The van der Waals surface area contributed by atoms with Gasteiger partial charge in [-0.2, -0.15) is 0 Å². The van der Waals surface area contributed by atoms with Gasteiger partial charge in [0.05, 0.1) is 11.4 Å². The highest BCUT2D eigenvalue weighted by atomic mass is 35.5. The van der Waals surface area contributed by atoms with Gasteiger partial charge in [-0.3, -0.25) is 4.79 Å². The van der Waals surface area contributed by atoms with Crippen molar-refractivity contribution in [3.8, 4) is 0 Å². The molecule has 0 N–H and O–H groups in total. The standard InChI is InChI=1S/C15H9Cl2NO/c16-15(17)13(10-6-2-1-3-7-10)18-12-9-5-4-8-11(12)14(15)19/h1-9H. The third-order valence-electron chi connectivity index (χ3n) is 3.01. The second kappa shape index (κ2) is 4.48. The van der Waals surface area contributed by atoms with Crippen LogP contribution in [0.25, 0.3) is 0 Å². The van der Waals surface area contributed by atoms with Gasteiger partial charge in [-0.1, -0.05) is 65.7 Å². The number of fused-ring (bicyclic) bond motifs is 1. The van der Waals surface area contributed by atoms with Crippen molar-refractivity contribution in [3.63, 3.8) is 0 Å². The second-order valence-corrected chi connectivity index (χ2v) is 5.57. The number of hydrogen-bond acceptors (Lipinski definition) is 2. The molecule has 0 radical (unpaired) electrons. The van der Waals surface area contributed by atoms with Crippen LogP contribution in [0, 0.1) is 0 Å². The van der Waals surface area contributed by atoms with Crippen LogP contribution in [0.4, 0.5) is 5.69 Å². The number of aliphatic imine (C=N–C) groups is 1. The summed E-state index contributed by atoms with van der Waals surface area (Å²) in [6.45, 7) is 0. The van der Waals surface area contributed by atoms with Gasteiger partial charge in [0.25, 0.3) is 0 Å². The molecule has 2 nitrogen and oxygen atoms in total. The fourth-order valence-corrected chi connectivity index (χ4v) is 2.58. The van der Waals surface area contributed by atoms with Gasteiger partial charge in [-0.15, -0.1) is 0 Å². The summed E-state index contributed by atoms with van der Waals surface area (Å²) in [7, 11) is 0. The summed E-state index contributed by atoms with van der Waals surface area (Å²) in [6.07, 6.45) is 0. The van der Waals surface area contributed by atoms with Gasteiger partial charge in [-0.05, 0) is 17.7 Å². The van der Waals surface area contributed by atoms with E-state index < -0.39 is 4.33 Å². The SMILES string of the molecule is O=C1c2ccccc2N=C(c2ccccc2)C1(Cl)Cl. The van der Waals surface area contributed by atoms with Crippen molar-refractivity contribution in [1.82, 2.24) is 0 Å². The van der Waals surface area contributed by atoms with Crippen LogP contribution in [0.5, 0.6) is 0 Å². The van der Waals surface area contributed by atoms with E-state index in [1.807, 2.05) is 36.4 Å². The summed E-state index contributed by atoms with van der Waals surface area (Å²) < 4.78 is -1.64. The van der Waals surface area contributed by atoms with E-state index in [2.05, 4.69) is 4.99 Å². The number of ketones is 1. The summed E-state index contributed by atoms with van der Waals surface area (Å²) in [5.74, 6) is -0.333. The maximum absolute atomic E-state index is 12.4. The molecule has 3 rings (SSSR count). The van der Waals surface area contributed by atoms with Crippen LogP contribution in [-0.2, 0) is 0 Å². The van der Waals surface area contributed by atoms with Gasteiger partial charge in [0, 0.05) is 5.56 Å². The third-order valence-corrected chi connectivity index (χ3v) is 3.71. The molecule has 0 bridgehead atoms. The Hall–Kier alpha value is -1.64. The maximum Gasteiger partial charge on any atom is 0.222 e. The van der Waals surface area contributed by atoms with Gasteiger partial charge in [-0.25, -0.2) is 4.99 Å². The number of carbonyl (C=O) groups is 1. The van der Waals surface area contributed by atoms with Crippen LogP contribution in [-0.4, -0.2) is 15.8 Å². The van der Waals surface area contributed by atoms with E-state index in [0.29, 0.717) is 17.0 Å². The predicted molar refractivity (Wildman–Crippen MR) is 77.8 cm³/mol. The number of nitrogens with zero attached hydrogens (tertiary/aromatic N) is 1. The average molecular weight is 290 g/mol. The van der Waals surface area contributed by atoms with E-state index in [4.69, 9.17) is 23.2 Å². The van der Waals surface area contributed by atoms with Gasteiger partial charge in [0.1, 0.15) is 0 Å². The van der Waals surface area contributed by atoms with Crippen LogP contribution in [0.1, 0.15) is 15.9 Å². The van der Waals surface area contributed by atoms with E-state index in [0.717, 1.165) is 5.56 Å². The number of benzene rings is 2. The molecule has 94 valence electrons. The first-order valence-electron chi connectivity index (χ1n) is 5.77. The Morgan fingerprint density at radius 3 is 2.26 bits per heavy atom. The molecule has 1 aliphatic rings. The molecule has 0 saturated heterocycles. The van der Waals surface area contributed by atoms with E-state index in [9.17, 15) is 4.79 Å². The van der Waals surface area contributed by atoms with E-state index in [-0.39, 0.29) is 5.78 Å². The number of carbonyl (C=O) groups excluding carboxylic acids is 1. The van der Waals surface area contributed by atoms with E-state index >= 15 is 0 Å². The summed E-state index contributed by atoms with van der Waals surface area (Å²) in [6, 6.07) is 16.3. The van der Waals surface area contributed by atoms with E-state index in [1.54, 1.807) is 18.2 Å². The minimum Gasteiger partial charge on any atom is -0.290 e. The highest BCUT2D eigenvalue weighted by Crippen LogP contribution is 2.39. The first kappa shape index (κ1) is 12.4. The first-order valence-corrected chi connectivity index (χ1v) is 6.52. The fourth-order valence-electron chi connectivity index (χ4n) is 2.07. The Balaban J connectivity index is 2.25. The maximum atomic E-state index is 12.4. The van der Waals surface area contributed by atoms with Crippen LogP contribution < -0.4 is 0 Å². The van der Waals surface area contributed by atoms with E-state index in [1.165, 1.54) is 0 Å². The van der Waals surface area contributed by atoms with Crippen molar-refractivity contribution in [2.75, 3.05) is 0 Å². The largest absolute Gasteiger partial charge is 0.290 e. The Bertz CT molecular complexity index is 678. The topological polar surface area (TPSA) is 29.4 Å². The third kappa shape index (κ3) is 1.97. The minimum absolute atomic E-state index is 0.333. The van der Waals surface area contributed by atoms with Crippen LogP contribution in [0.15, 0.2) is 59.6 Å². The van der Waals surface area contributed by atoms with Crippen molar-refractivity contribution in [2.45, 2.75) is 4.33 Å². The number of Topliss-reactive ketones (excluding diaryl/α,β-unsaturated/α-hetero) is 1. The second-order valence-electron chi connectivity index (χ2n) is 4.25. The number of para-hydroxylation sites is 1. The lowest BCUT2D eigenvalue weighted by atomic mass is 9.95. The van der Waals surface area contributed by atoms with Crippen LogP contribution in [0.2, 0.25) is 0 Å². The molecule has 0 amide bonds. The summed E-state index contributed by atoms with van der Waals surface area (Å²) in [5, 5.41) is 0. The molecule has 0 spiro atoms. The molecule has 1 aliphatic heterocycles. The summed E-state index contributed by atoms with van der Waals surface area (Å²) >= 11 is 12.5. The molecule has 19 heavy (non-hydrogen) atoms. The van der Waals surface area contributed by atoms with Crippen LogP contribution in [0.3, 0.4) is 0 Å². The van der Waals surface area contributed by atoms with Crippen molar-refractivity contribution in [2.24, 2.45) is 4.99 Å². The zero-order valence-corrected chi connectivity index (χ0v) is 11.3. The molecule has 0 saturated carbocycles. The normalized spacial score (nSPS) is 16.7. The molecular weight excluding hydrogens is 281 g/mol. The number of alkyl halides is 2. The molecule has 0 atom stereocenters. The van der Waals surface area contributed by atoms with Gasteiger partial charge < -0.3 is 0 Å². The average Bonchev–Trinajstić information content (AvgIpc) is 2.44. The molecule has 0 fully saturated rings.